The van der Waals surface area contributed by atoms with Gasteiger partial charge in [-0.3, -0.25) is 19.5 Å². The molecule has 4 aromatic rings. The Morgan fingerprint density at radius 3 is 2.57 bits per heavy atom. The van der Waals surface area contributed by atoms with Crippen LogP contribution in [-0.4, -0.2) is 20.4 Å². The molecule has 138 valence electrons. The number of rotatable bonds is 4. The van der Waals surface area contributed by atoms with Gasteiger partial charge in [-0.25, -0.2) is 4.98 Å². The molecule has 7 nitrogen and oxygen atoms in total. The van der Waals surface area contributed by atoms with E-state index in [2.05, 4.69) is 10.3 Å². The molecule has 0 radical (unpaired) electrons. The molecular formula is C21H16N4O3. The zero-order chi connectivity index (χ0) is 19.7. The highest BCUT2D eigenvalue weighted by molar-refractivity contribution is 6.04. The van der Waals surface area contributed by atoms with E-state index in [0.29, 0.717) is 11.3 Å². The second-order valence-electron chi connectivity index (χ2n) is 6.36. The lowest BCUT2D eigenvalue weighted by atomic mass is 10.1. The summed E-state index contributed by atoms with van der Waals surface area (Å²) >= 11 is 0. The monoisotopic (exact) mass is 372 g/mol. The Balaban J connectivity index is 1.56. The Kier molecular flexibility index (Phi) is 4.33. The second-order valence-corrected chi connectivity index (χ2v) is 6.36. The summed E-state index contributed by atoms with van der Waals surface area (Å²) in [6, 6.07) is 19.6. The first kappa shape index (κ1) is 17.4. The van der Waals surface area contributed by atoms with Gasteiger partial charge in [0.05, 0.1) is 16.0 Å². The van der Waals surface area contributed by atoms with Gasteiger partial charge >= 0.3 is 0 Å². The number of anilines is 1. The Morgan fingerprint density at radius 2 is 1.82 bits per heavy atom. The van der Waals surface area contributed by atoms with E-state index < -0.39 is 10.8 Å². The molecule has 1 N–H and O–H groups in total. The Morgan fingerprint density at radius 1 is 1.07 bits per heavy atom. The van der Waals surface area contributed by atoms with Crippen LogP contribution in [0.3, 0.4) is 0 Å². The van der Waals surface area contributed by atoms with Crippen molar-refractivity contribution in [1.82, 2.24) is 9.55 Å². The van der Waals surface area contributed by atoms with Crippen LogP contribution in [0.1, 0.15) is 15.9 Å². The summed E-state index contributed by atoms with van der Waals surface area (Å²) in [7, 11) is 0. The lowest BCUT2D eigenvalue weighted by Gasteiger charge is -2.08. The maximum Gasteiger partial charge on any atom is 0.273 e. The van der Waals surface area contributed by atoms with Gasteiger partial charge in [-0.05, 0) is 49.4 Å². The second kappa shape index (κ2) is 6.96. The van der Waals surface area contributed by atoms with Gasteiger partial charge in [-0.2, -0.15) is 0 Å². The van der Waals surface area contributed by atoms with Gasteiger partial charge in [-0.1, -0.05) is 18.2 Å². The van der Waals surface area contributed by atoms with Gasteiger partial charge in [0.1, 0.15) is 6.33 Å². The maximum atomic E-state index is 12.4. The molecule has 0 atom stereocenters. The van der Waals surface area contributed by atoms with Crippen LogP contribution in [0.4, 0.5) is 11.4 Å². The topological polar surface area (TPSA) is 90.1 Å². The SMILES string of the molecule is Cc1ccc(C(=O)Nc2ccc(-n3cnc4ccccc43)cc2)cc1[N+](=O)[O-]. The molecule has 0 bridgehead atoms. The van der Waals surface area contributed by atoms with Gasteiger partial charge in [-0.15, -0.1) is 0 Å². The molecule has 0 fully saturated rings. The molecule has 0 spiro atoms. The van der Waals surface area contributed by atoms with E-state index in [0.717, 1.165) is 16.7 Å². The number of imidazole rings is 1. The largest absolute Gasteiger partial charge is 0.322 e. The third-order valence-electron chi connectivity index (χ3n) is 4.52. The number of aromatic nitrogens is 2. The van der Waals surface area contributed by atoms with Gasteiger partial charge < -0.3 is 5.32 Å². The Hall–Kier alpha value is -4.00. The van der Waals surface area contributed by atoms with Crippen molar-refractivity contribution in [2.75, 3.05) is 5.32 Å². The molecular weight excluding hydrogens is 356 g/mol. The minimum Gasteiger partial charge on any atom is -0.322 e. The summed E-state index contributed by atoms with van der Waals surface area (Å²) in [5, 5.41) is 13.8. The van der Waals surface area contributed by atoms with E-state index >= 15 is 0 Å². The van der Waals surface area contributed by atoms with E-state index in [1.54, 1.807) is 37.5 Å². The number of nitro benzene ring substituents is 1. The first-order valence-corrected chi connectivity index (χ1v) is 8.62. The van der Waals surface area contributed by atoms with Gasteiger partial charge in [0, 0.05) is 28.6 Å². The van der Waals surface area contributed by atoms with Crippen LogP contribution in [0.2, 0.25) is 0 Å². The molecule has 3 aromatic carbocycles. The van der Waals surface area contributed by atoms with Crippen LogP contribution >= 0.6 is 0 Å². The number of nitrogens with one attached hydrogen (secondary N) is 1. The van der Waals surface area contributed by atoms with Crippen molar-refractivity contribution < 1.29 is 9.72 Å². The van der Waals surface area contributed by atoms with E-state index in [1.807, 2.05) is 41.0 Å². The number of benzene rings is 3. The smallest absolute Gasteiger partial charge is 0.273 e. The Bertz CT molecular complexity index is 1200. The quantitative estimate of drug-likeness (QED) is 0.422. The first-order valence-electron chi connectivity index (χ1n) is 8.62. The normalized spacial score (nSPS) is 10.8. The van der Waals surface area contributed by atoms with Crippen molar-refractivity contribution in [3.8, 4) is 5.69 Å². The summed E-state index contributed by atoms with van der Waals surface area (Å²) < 4.78 is 1.96. The molecule has 0 aliphatic carbocycles. The highest BCUT2D eigenvalue weighted by atomic mass is 16.6. The van der Waals surface area contributed by atoms with Crippen molar-refractivity contribution in [2.24, 2.45) is 0 Å². The average molecular weight is 372 g/mol. The third kappa shape index (κ3) is 3.21. The van der Waals surface area contributed by atoms with Crippen molar-refractivity contribution in [1.29, 1.82) is 0 Å². The minimum absolute atomic E-state index is 0.0741. The molecule has 0 saturated carbocycles. The first-order chi connectivity index (χ1) is 13.5. The molecule has 0 unspecified atom stereocenters. The molecule has 1 heterocycles. The third-order valence-corrected chi connectivity index (χ3v) is 4.52. The molecule has 1 amide bonds. The molecule has 0 aliphatic heterocycles. The van der Waals surface area contributed by atoms with Crippen molar-refractivity contribution in [3.05, 3.63) is 94.3 Å². The number of hydrogen-bond donors (Lipinski definition) is 1. The lowest BCUT2D eigenvalue weighted by Crippen LogP contribution is -2.12. The van der Waals surface area contributed by atoms with Gasteiger partial charge in [0.15, 0.2) is 0 Å². The van der Waals surface area contributed by atoms with Crippen LogP contribution in [0, 0.1) is 17.0 Å². The fourth-order valence-electron chi connectivity index (χ4n) is 3.02. The fraction of sp³-hybridized carbons (Fsp3) is 0.0476. The predicted molar refractivity (Wildman–Crippen MR) is 107 cm³/mol. The highest BCUT2D eigenvalue weighted by Gasteiger charge is 2.15. The number of carbonyl (C=O) groups is 1. The lowest BCUT2D eigenvalue weighted by molar-refractivity contribution is -0.385. The van der Waals surface area contributed by atoms with E-state index in [-0.39, 0.29) is 11.3 Å². The summed E-state index contributed by atoms with van der Waals surface area (Å²) in [5.41, 5.74) is 4.08. The summed E-state index contributed by atoms with van der Waals surface area (Å²) in [6.45, 7) is 1.64. The minimum atomic E-state index is -0.490. The van der Waals surface area contributed by atoms with Crippen LogP contribution in [-0.2, 0) is 0 Å². The predicted octanol–water partition coefficient (Wildman–Crippen LogP) is 4.49. The molecule has 0 saturated heterocycles. The number of para-hydroxylation sites is 2. The van der Waals surface area contributed by atoms with Crippen LogP contribution in [0.25, 0.3) is 16.7 Å². The van der Waals surface area contributed by atoms with Crippen molar-refractivity contribution >= 4 is 28.3 Å². The number of aryl methyl sites for hydroxylation is 1. The van der Waals surface area contributed by atoms with Crippen LogP contribution in [0.5, 0.6) is 0 Å². The molecule has 4 rings (SSSR count). The van der Waals surface area contributed by atoms with Crippen LogP contribution < -0.4 is 5.32 Å². The van der Waals surface area contributed by atoms with Crippen molar-refractivity contribution in [2.45, 2.75) is 6.92 Å². The number of amides is 1. The maximum absolute atomic E-state index is 12.4. The summed E-state index contributed by atoms with van der Waals surface area (Å²) in [6.07, 6.45) is 1.75. The Labute approximate surface area is 160 Å². The van der Waals surface area contributed by atoms with E-state index in [4.69, 9.17) is 0 Å². The molecule has 7 heteroatoms. The molecule has 1 aromatic heterocycles. The summed E-state index contributed by atoms with van der Waals surface area (Å²) in [4.78, 5) is 27.4. The zero-order valence-corrected chi connectivity index (χ0v) is 15.0. The number of fused-ring (bicyclic) bond motifs is 1. The summed E-state index contributed by atoms with van der Waals surface area (Å²) in [5.74, 6) is -0.399. The standard InChI is InChI=1S/C21H16N4O3/c1-14-6-7-15(12-20(14)25(27)28)21(26)23-16-8-10-17(11-9-16)24-13-22-18-4-2-3-5-19(18)24/h2-13H,1H3,(H,23,26). The number of nitrogens with zero attached hydrogens (tertiary/aromatic N) is 3. The zero-order valence-electron chi connectivity index (χ0n) is 15.0. The molecule has 28 heavy (non-hydrogen) atoms. The van der Waals surface area contributed by atoms with Gasteiger partial charge in [0.2, 0.25) is 0 Å². The van der Waals surface area contributed by atoms with Crippen molar-refractivity contribution in [3.63, 3.8) is 0 Å². The highest BCUT2D eigenvalue weighted by Crippen LogP contribution is 2.22. The van der Waals surface area contributed by atoms with E-state index in [9.17, 15) is 14.9 Å². The van der Waals surface area contributed by atoms with Crippen LogP contribution in [0.15, 0.2) is 73.1 Å². The average Bonchev–Trinajstić information content (AvgIpc) is 3.13. The fourth-order valence-corrected chi connectivity index (χ4v) is 3.02. The van der Waals surface area contributed by atoms with E-state index in [1.165, 1.54) is 6.07 Å². The molecule has 0 aliphatic rings. The number of carbonyl (C=O) groups excluding carboxylic acids is 1. The van der Waals surface area contributed by atoms with Gasteiger partial charge in [0.25, 0.3) is 11.6 Å². The number of nitro groups is 1. The number of hydrogen-bond acceptors (Lipinski definition) is 4.